The molecular formula is C15H15N4O5S-. The molecule has 0 atom stereocenters. The monoisotopic (exact) mass is 363 g/mol. The molecule has 0 aliphatic heterocycles. The Hall–Kier alpha value is -2.72. The van der Waals surface area contributed by atoms with Crippen LogP contribution in [0.2, 0.25) is 0 Å². The normalized spacial score (nSPS) is 11.9. The van der Waals surface area contributed by atoms with Crippen molar-refractivity contribution in [3.05, 3.63) is 45.1 Å². The van der Waals surface area contributed by atoms with Crippen LogP contribution in [0.5, 0.6) is 0 Å². The average Bonchev–Trinajstić information content (AvgIpc) is 2.98. The summed E-state index contributed by atoms with van der Waals surface area (Å²) < 4.78 is 34.0. The van der Waals surface area contributed by atoms with Gasteiger partial charge in [0, 0.05) is 12.1 Å². The lowest BCUT2D eigenvalue weighted by molar-refractivity contribution is 0.463. The predicted molar refractivity (Wildman–Crippen MR) is 89.3 cm³/mol. The summed E-state index contributed by atoms with van der Waals surface area (Å²) in [5, 5.41) is 0. The second-order valence-electron chi connectivity index (χ2n) is 5.53. The third-order valence-corrected chi connectivity index (χ3v) is 4.63. The first-order valence-electron chi connectivity index (χ1n) is 7.60. The van der Waals surface area contributed by atoms with Gasteiger partial charge < -0.3 is 9.54 Å². The van der Waals surface area contributed by atoms with E-state index in [2.05, 4.69) is 15.0 Å². The van der Waals surface area contributed by atoms with Crippen LogP contribution in [0.25, 0.3) is 22.6 Å². The van der Waals surface area contributed by atoms with Crippen LogP contribution >= 0.6 is 0 Å². The fourth-order valence-corrected chi connectivity index (χ4v) is 2.92. The largest absolute Gasteiger partial charge is 0.744 e. The maximum absolute atomic E-state index is 12.4. The second kappa shape index (κ2) is 6.30. The quantitative estimate of drug-likeness (QED) is 0.642. The Morgan fingerprint density at radius 2 is 1.84 bits per heavy atom. The predicted octanol–water partition coefficient (Wildman–Crippen LogP) is 0.784. The highest BCUT2D eigenvalue weighted by atomic mass is 32.2. The lowest BCUT2D eigenvalue weighted by atomic mass is 10.2. The van der Waals surface area contributed by atoms with Gasteiger partial charge in [0.2, 0.25) is 0 Å². The van der Waals surface area contributed by atoms with E-state index in [9.17, 15) is 22.6 Å². The highest BCUT2D eigenvalue weighted by molar-refractivity contribution is 7.85. The minimum Gasteiger partial charge on any atom is -0.744 e. The summed E-state index contributed by atoms with van der Waals surface area (Å²) in [7, 11) is -4.53. The number of nitrogens with one attached hydrogen (secondary N) is 2. The molecule has 0 saturated carbocycles. The molecule has 2 aromatic heterocycles. The highest BCUT2D eigenvalue weighted by Gasteiger charge is 2.13. The number of aromatic amines is 2. The van der Waals surface area contributed by atoms with Gasteiger partial charge in [-0.05, 0) is 18.6 Å². The Balaban J connectivity index is 2.09. The van der Waals surface area contributed by atoms with Crippen molar-refractivity contribution in [1.29, 1.82) is 0 Å². The van der Waals surface area contributed by atoms with E-state index in [4.69, 9.17) is 0 Å². The van der Waals surface area contributed by atoms with Crippen LogP contribution in [0.1, 0.15) is 19.8 Å². The molecule has 0 aliphatic carbocycles. The zero-order valence-electron chi connectivity index (χ0n) is 13.3. The van der Waals surface area contributed by atoms with E-state index in [1.807, 2.05) is 6.92 Å². The fourth-order valence-electron chi connectivity index (χ4n) is 2.45. The zero-order valence-corrected chi connectivity index (χ0v) is 14.1. The summed E-state index contributed by atoms with van der Waals surface area (Å²) in [6, 6.07) is 5.12. The van der Waals surface area contributed by atoms with Crippen LogP contribution in [0.4, 0.5) is 0 Å². The number of nitrogens with zero attached hydrogens (tertiary/aromatic N) is 2. The molecule has 2 heterocycles. The molecule has 0 saturated heterocycles. The maximum atomic E-state index is 12.4. The molecule has 0 bridgehead atoms. The molecule has 10 heteroatoms. The van der Waals surface area contributed by atoms with E-state index in [-0.39, 0.29) is 21.9 Å². The molecule has 3 aromatic rings. The molecule has 3 rings (SSSR count). The number of unbranched alkanes of at least 4 members (excludes halogenated alkanes) is 1. The van der Waals surface area contributed by atoms with Crippen molar-refractivity contribution in [2.24, 2.45) is 0 Å². The molecule has 132 valence electrons. The summed E-state index contributed by atoms with van der Waals surface area (Å²) >= 11 is 0. The van der Waals surface area contributed by atoms with Crippen LogP contribution < -0.4 is 11.2 Å². The number of aromatic nitrogens is 4. The van der Waals surface area contributed by atoms with Gasteiger partial charge in [-0.15, -0.1) is 0 Å². The second-order valence-corrected chi connectivity index (χ2v) is 6.91. The van der Waals surface area contributed by atoms with Crippen molar-refractivity contribution < 1.29 is 13.0 Å². The molecular weight excluding hydrogens is 348 g/mol. The Morgan fingerprint density at radius 3 is 2.44 bits per heavy atom. The summed E-state index contributed by atoms with van der Waals surface area (Å²) in [6.45, 7) is 2.27. The van der Waals surface area contributed by atoms with Gasteiger partial charge >= 0.3 is 5.69 Å². The van der Waals surface area contributed by atoms with E-state index in [1.165, 1.54) is 12.1 Å². The van der Waals surface area contributed by atoms with Gasteiger partial charge in [-0.2, -0.15) is 0 Å². The Morgan fingerprint density at radius 1 is 1.16 bits per heavy atom. The summed E-state index contributed by atoms with van der Waals surface area (Å²) in [5.41, 5.74) is -0.241. The van der Waals surface area contributed by atoms with Crippen LogP contribution in [-0.4, -0.2) is 32.5 Å². The molecule has 9 nitrogen and oxygen atoms in total. The van der Waals surface area contributed by atoms with Crippen molar-refractivity contribution in [3.63, 3.8) is 0 Å². The van der Waals surface area contributed by atoms with Crippen molar-refractivity contribution in [1.82, 2.24) is 19.5 Å². The molecule has 0 radical (unpaired) electrons. The van der Waals surface area contributed by atoms with Gasteiger partial charge in [-0.1, -0.05) is 25.5 Å². The lowest BCUT2D eigenvalue weighted by Gasteiger charge is -2.06. The molecule has 0 unspecified atom stereocenters. The van der Waals surface area contributed by atoms with Crippen LogP contribution in [0.3, 0.4) is 0 Å². The van der Waals surface area contributed by atoms with Crippen molar-refractivity contribution >= 4 is 21.3 Å². The van der Waals surface area contributed by atoms with Gasteiger partial charge in [-0.25, -0.2) is 18.2 Å². The zero-order chi connectivity index (χ0) is 18.2. The summed E-state index contributed by atoms with van der Waals surface area (Å²) in [5.74, 6) is 0.283. The topological polar surface area (TPSA) is 141 Å². The summed E-state index contributed by atoms with van der Waals surface area (Å²) in [4.78, 5) is 33.6. The van der Waals surface area contributed by atoms with Crippen LogP contribution in [0, 0.1) is 0 Å². The Bertz CT molecular complexity index is 1140. The number of H-pyrrole nitrogens is 2. The number of hydrogen-bond acceptors (Lipinski definition) is 6. The van der Waals surface area contributed by atoms with Gasteiger partial charge in [0.1, 0.15) is 21.5 Å². The van der Waals surface area contributed by atoms with E-state index < -0.39 is 21.4 Å². The standard InChI is InChI=1S/C15H16N4O5S/c1-2-3-8-19-14(20)11-13(18-15(19)21)17-12(16-11)9-4-6-10(7-5-9)25(22,23)24/h4-7H,2-3,8H2,1H3,(H,16,17)(H,18,21)(H,22,23,24)/p-1. The van der Waals surface area contributed by atoms with E-state index in [1.54, 1.807) is 0 Å². The minimum atomic E-state index is -4.53. The molecule has 0 spiro atoms. The number of benzene rings is 1. The Kier molecular flexibility index (Phi) is 4.31. The van der Waals surface area contributed by atoms with Crippen LogP contribution in [-0.2, 0) is 16.7 Å². The lowest BCUT2D eigenvalue weighted by Crippen LogP contribution is -2.35. The van der Waals surface area contributed by atoms with Crippen molar-refractivity contribution in [2.45, 2.75) is 31.2 Å². The maximum Gasteiger partial charge on any atom is 0.330 e. The number of hydrogen-bond donors (Lipinski definition) is 2. The molecule has 25 heavy (non-hydrogen) atoms. The van der Waals surface area contributed by atoms with E-state index >= 15 is 0 Å². The minimum absolute atomic E-state index is 0.123. The first-order valence-corrected chi connectivity index (χ1v) is 9.01. The third kappa shape index (κ3) is 3.26. The number of rotatable bonds is 5. The van der Waals surface area contributed by atoms with E-state index in [0.29, 0.717) is 18.5 Å². The fraction of sp³-hybridized carbons (Fsp3) is 0.267. The molecule has 0 aliphatic rings. The smallest absolute Gasteiger partial charge is 0.330 e. The average molecular weight is 363 g/mol. The van der Waals surface area contributed by atoms with Gasteiger partial charge in [0.25, 0.3) is 5.56 Å². The van der Waals surface area contributed by atoms with Gasteiger partial charge in [-0.3, -0.25) is 14.3 Å². The molecule has 0 amide bonds. The number of imidazole rings is 1. The van der Waals surface area contributed by atoms with Crippen molar-refractivity contribution in [2.75, 3.05) is 0 Å². The van der Waals surface area contributed by atoms with Crippen LogP contribution in [0.15, 0.2) is 38.8 Å². The third-order valence-electron chi connectivity index (χ3n) is 3.79. The Labute approximate surface area is 142 Å². The SMILES string of the molecule is CCCCn1c(=O)[nH]c2nc(-c3ccc(S(=O)(=O)[O-])cc3)[nH]c2c1=O. The first kappa shape index (κ1) is 17.1. The molecule has 2 N–H and O–H groups in total. The van der Waals surface area contributed by atoms with Gasteiger partial charge in [0.15, 0.2) is 5.65 Å². The van der Waals surface area contributed by atoms with Gasteiger partial charge in [0.05, 0.1) is 4.90 Å². The highest BCUT2D eigenvalue weighted by Crippen LogP contribution is 2.19. The van der Waals surface area contributed by atoms with Crippen molar-refractivity contribution in [3.8, 4) is 11.4 Å². The van der Waals surface area contributed by atoms with E-state index in [0.717, 1.165) is 23.1 Å². The first-order chi connectivity index (χ1) is 11.8. The molecule has 0 fully saturated rings. The molecule has 1 aromatic carbocycles. The summed E-state index contributed by atoms with van der Waals surface area (Å²) in [6.07, 6.45) is 1.54. The number of fused-ring (bicyclic) bond motifs is 1.